The van der Waals surface area contributed by atoms with E-state index in [1.54, 1.807) is 12.1 Å². The van der Waals surface area contributed by atoms with Crippen LogP contribution in [-0.4, -0.2) is 30.4 Å². The van der Waals surface area contributed by atoms with Gasteiger partial charge >= 0.3 is 13.3 Å². The van der Waals surface area contributed by atoms with Crippen molar-refractivity contribution in [1.29, 1.82) is 0 Å². The van der Waals surface area contributed by atoms with Gasteiger partial charge in [-0.05, 0) is 78.4 Å². The average Bonchev–Trinajstić information content (AvgIpc) is 2.74. The normalized spacial score (nSPS) is 23.5. The molecule has 0 amide bonds. The predicted molar refractivity (Wildman–Crippen MR) is 107 cm³/mol. The van der Waals surface area contributed by atoms with Gasteiger partial charge in [0, 0.05) is 17.8 Å². The summed E-state index contributed by atoms with van der Waals surface area (Å²) in [5, 5.41) is 0. The summed E-state index contributed by atoms with van der Waals surface area (Å²) in [6.45, 7) is 12.2. The number of rotatable bonds is 2. The number of anilines is 1. The number of benzene rings is 1. The first kappa shape index (κ1) is 23.0. The van der Waals surface area contributed by atoms with Gasteiger partial charge in [-0.15, -0.1) is 0 Å². The Hall–Kier alpha value is -1.25. The van der Waals surface area contributed by atoms with Crippen molar-refractivity contribution in [2.75, 3.05) is 11.4 Å². The molecule has 0 bridgehead atoms. The molecule has 2 fully saturated rings. The van der Waals surface area contributed by atoms with Gasteiger partial charge in [-0.2, -0.15) is 13.2 Å². The highest BCUT2D eigenvalue weighted by atomic mass is 19.4. The Morgan fingerprint density at radius 2 is 1.54 bits per heavy atom. The fourth-order valence-corrected chi connectivity index (χ4v) is 3.85. The second-order valence-electron chi connectivity index (χ2n) is 9.28. The minimum absolute atomic E-state index is 0. The van der Waals surface area contributed by atoms with Gasteiger partial charge in [0.2, 0.25) is 0 Å². The summed E-state index contributed by atoms with van der Waals surface area (Å²) in [5.41, 5.74) is -1.46. The highest BCUT2D eigenvalue weighted by molar-refractivity contribution is 6.62. The third-order valence-electron chi connectivity index (χ3n) is 6.29. The Kier molecular flexibility index (Phi) is 5.94. The summed E-state index contributed by atoms with van der Waals surface area (Å²) in [5.74, 6) is 0. The summed E-state index contributed by atoms with van der Waals surface area (Å²) in [6.07, 6.45) is -1.62. The Morgan fingerprint density at radius 1 is 0.964 bits per heavy atom. The second-order valence-corrected chi connectivity index (χ2v) is 9.28. The van der Waals surface area contributed by atoms with Crippen LogP contribution in [0.5, 0.6) is 0 Å². The maximum absolute atomic E-state index is 13.9. The largest absolute Gasteiger partial charge is 0.494 e. The van der Waals surface area contributed by atoms with Crippen molar-refractivity contribution in [1.82, 2.24) is 6.15 Å². The number of hydrogen-bond donors (Lipinski definition) is 1. The van der Waals surface area contributed by atoms with Crippen LogP contribution in [0.2, 0.25) is 0 Å². The first-order chi connectivity index (χ1) is 12.2. The summed E-state index contributed by atoms with van der Waals surface area (Å²) in [6, 6.07) is 4.48. The van der Waals surface area contributed by atoms with Gasteiger partial charge in [0.15, 0.2) is 0 Å². The predicted octanol–water partition coefficient (Wildman–Crippen LogP) is 4.94. The van der Waals surface area contributed by atoms with E-state index in [-0.39, 0.29) is 17.4 Å². The van der Waals surface area contributed by atoms with E-state index in [2.05, 4.69) is 0 Å². The number of alkyl halides is 3. The fourth-order valence-electron chi connectivity index (χ4n) is 3.85. The van der Waals surface area contributed by atoms with Crippen LogP contribution in [0.25, 0.3) is 0 Å². The van der Waals surface area contributed by atoms with Gasteiger partial charge in [0.05, 0.1) is 16.8 Å². The van der Waals surface area contributed by atoms with Gasteiger partial charge in [-0.3, -0.25) is 0 Å². The van der Waals surface area contributed by atoms with Crippen molar-refractivity contribution < 1.29 is 22.5 Å². The molecule has 8 heteroatoms. The highest BCUT2D eigenvalue weighted by Gasteiger charge is 2.52. The van der Waals surface area contributed by atoms with Crippen LogP contribution in [0.4, 0.5) is 18.9 Å². The van der Waals surface area contributed by atoms with Gasteiger partial charge in [0.25, 0.3) is 0 Å². The van der Waals surface area contributed by atoms with Crippen molar-refractivity contribution in [3.05, 3.63) is 23.8 Å². The lowest BCUT2D eigenvalue weighted by molar-refractivity contribution is -0.137. The van der Waals surface area contributed by atoms with Crippen LogP contribution in [-0.2, 0) is 15.5 Å². The van der Waals surface area contributed by atoms with Crippen molar-refractivity contribution in [3.63, 3.8) is 0 Å². The SMILES string of the molecule is CC1(C)CCCCN1c1ccc(B2OC(C)(C)C(C)(C)O2)cc1C(F)(F)F.N. The van der Waals surface area contributed by atoms with E-state index < -0.39 is 30.1 Å². The highest BCUT2D eigenvalue weighted by Crippen LogP contribution is 2.42. The monoisotopic (exact) mass is 400 g/mol. The van der Waals surface area contributed by atoms with Gasteiger partial charge in [-0.25, -0.2) is 0 Å². The minimum Gasteiger partial charge on any atom is -0.399 e. The molecular formula is C20H32BF3N2O2. The molecule has 0 aromatic heterocycles. The van der Waals surface area contributed by atoms with Crippen molar-refractivity contribution in [2.45, 2.75) is 83.7 Å². The maximum atomic E-state index is 13.9. The topological polar surface area (TPSA) is 56.7 Å². The molecule has 1 aromatic rings. The molecule has 4 nitrogen and oxygen atoms in total. The molecule has 2 saturated heterocycles. The van der Waals surface area contributed by atoms with Crippen LogP contribution in [0.1, 0.15) is 66.4 Å². The quantitative estimate of drug-likeness (QED) is 0.715. The number of hydrogen-bond acceptors (Lipinski definition) is 4. The van der Waals surface area contributed by atoms with Gasteiger partial charge < -0.3 is 20.4 Å². The van der Waals surface area contributed by atoms with Crippen LogP contribution in [0.3, 0.4) is 0 Å². The summed E-state index contributed by atoms with van der Waals surface area (Å²) < 4.78 is 53.6. The zero-order valence-corrected chi connectivity index (χ0v) is 17.7. The standard InChI is InChI=1S/C20H29BF3NO2.H3N/c1-17(2)11-7-8-12-25(17)16-10-9-14(13-15(16)20(22,23)24)21-26-18(3,4)19(5,6)27-21;/h9-10,13H,7-8,11-12H2,1-6H3;1H3. The smallest absolute Gasteiger partial charge is 0.399 e. The van der Waals surface area contributed by atoms with Gasteiger partial charge in [0.1, 0.15) is 0 Å². The molecule has 3 N–H and O–H groups in total. The molecule has 28 heavy (non-hydrogen) atoms. The lowest BCUT2D eigenvalue weighted by Crippen LogP contribution is -2.48. The first-order valence-corrected chi connectivity index (χ1v) is 9.59. The Morgan fingerprint density at radius 3 is 2.04 bits per heavy atom. The van der Waals surface area contributed by atoms with Crippen LogP contribution in [0, 0.1) is 0 Å². The minimum atomic E-state index is -4.44. The molecule has 0 unspecified atom stereocenters. The molecule has 3 rings (SSSR count). The third kappa shape index (κ3) is 4.05. The van der Waals surface area contributed by atoms with E-state index in [4.69, 9.17) is 9.31 Å². The van der Waals surface area contributed by atoms with Gasteiger partial charge in [-0.1, -0.05) is 6.07 Å². The van der Waals surface area contributed by atoms with E-state index in [1.807, 2.05) is 46.4 Å². The van der Waals surface area contributed by atoms with Crippen molar-refractivity contribution >= 4 is 18.3 Å². The van der Waals surface area contributed by atoms with E-state index in [1.165, 1.54) is 6.07 Å². The molecule has 0 radical (unpaired) electrons. The lowest BCUT2D eigenvalue weighted by Gasteiger charge is -2.45. The van der Waals surface area contributed by atoms with Crippen LogP contribution < -0.4 is 16.5 Å². The Bertz CT molecular complexity index is 704. The molecule has 0 atom stereocenters. The zero-order chi connectivity index (χ0) is 20.3. The van der Waals surface area contributed by atoms with E-state index in [9.17, 15) is 13.2 Å². The third-order valence-corrected chi connectivity index (χ3v) is 6.29. The van der Waals surface area contributed by atoms with Crippen molar-refractivity contribution in [3.8, 4) is 0 Å². The van der Waals surface area contributed by atoms with Crippen molar-refractivity contribution in [2.24, 2.45) is 0 Å². The average molecular weight is 400 g/mol. The molecule has 2 aliphatic rings. The summed E-state index contributed by atoms with van der Waals surface area (Å²) >= 11 is 0. The molecule has 1 aromatic carbocycles. The Balaban J connectivity index is 0.00000280. The molecule has 0 aliphatic carbocycles. The van der Waals surface area contributed by atoms with Crippen LogP contribution >= 0.6 is 0 Å². The maximum Gasteiger partial charge on any atom is 0.494 e. The summed E-state index contributed by atoms with van der Waals surface area (Å²) in [4.78, 5) is 1.90. The fraction of sp³-hybridized carbons (Fsp3) is 0.700. The number of piperidine rings is 1. The molecule has 0 saturated carbocycles. The van der Waals surface area contributed by atoms with E-state index in [0.717, 1.165) is 19.3 Å². The number of nitrogens with zero attached hydrogens (tertiary/aromatic N) is 1. The molecule has 2 aliphatic heterocycles. The molecule has 0 spiro atoms. The molecular weight excluding hydrogens is 368 g/mol. The lowest BCUT2D eigenvalue weighted by atomic mass is 9.77. The summed E-state index contributed by atoms with van der Waals surface area (Å²) in [7, 11) is -0.806. The zero-order valence-electron chi connectivity index (χ0n) is 17.7. The first-order valence-electron chi connectivity index (χ1n) is 9.59. The Labute approximate surface area is 166 Å². The molecule has 158 valence electrons. The van der Waals surface area contributed by atoms with E-state index >= 15 is 0 Å². The number of halogens is 3. The molecule has 2 heterocycles. The van der Waals surface area contributed by atoms with E-state index in [0.29, 0.717) is 12.0 Å². The second kappa shape index (κ2) is 7.22. The van der Waals surface area contributed by atoms with Crippen LogP contribution in [0.15, 0.2) is 18.2 Å².